The average molecular weight is 220 g/mol. The second-order valence-corrected chi connectivity index (χ2v) is 4.50. The second-order valence-electron chi connectivity index (χ2n) is 4.50. The number of amidine groups is 1. The molecule has 1 fully saturated rings. The number of halogens is 1. The first-order valence-electron chi connectivity index (χ1n) is 5.76. The molecule has 0 aliphatic heterocycles. The lowest BCUT2D eigenvalue weighted by Crippen LogP contribution is -2.20. The molecule has 3 heteroatoms. The molecule has 2 rings (SSSR count). The van der Waals surface area contributed by atoms with E-state index in [2.05, 4.69) is 4.99 Å². The quantitative estimate of drug-likeness (QED) is 0.602. The summed E-state index contributed by atoms with van der Waals surface area (Å²) in [6.45, 7) is 1.86. The number of benzene rings is 1. The third kappa shape index (κ3) is 2.60. The number of aryl methyl sites for hydroxylation is 1. The number of aliphatic imine (C=N–C) groups is 1. The molecule has 1 aliphatic rings. The summed E-state index contributed by atoms with van der Waals surface area (Å²) in [5, 5.41) is 0. The van der Waals surface area contributed by atoms with Crippen LogP contribution in [-0.2, 0) is 0 Å². The van der Waals surface area contributed by atoms with Gasteiger partial charge in [0.2, 0.25) is 0 Å². The molecule has 0 saturated heterocycles. The minimum Gasteiger partial charge on any atom is -0.387 e. The van der Waals surface area contributed by atoms with E-state index < -0.39 is 0 Å². The summed E-state index contributed by atoms with van der Waals surface area (Å²) in [5.74, 6) is 0.795. The predicted molar refractivity (Wildman–Crippen MR) is 64.4 cm³/mol. The minimum atomic E-state index is -0.252. The van der Waals surface area contributed by atoms with Crippen molar-refractivity contribution in [1.82, 2.24) is 0 Å². The Morgan fingerprint density at radius 2 is 2.00 bits per heavy atom. The summed E-state index contributed by atoms with van der Waals surface area (Å²) in [6.07, 6.45) is 4.68. The number of hydrogen-bond donors (Lipinski definition) is 1. The van der Waals surface area contributed by atoms with Crippen LogP contribution >= 0.6 is 0 Å². The highest BCUT2D eigenvalue weighted by Gasteiger charge is 2.18. The highest BCUT2D eigenvalue weighted by Crippen LogP contribution is 2.26. The molecule has 0 unspecified atom stereocenters. The molecular weight excluding hydrogens is 203 g/mol. The minimum absolute atomic E-state index is 0.252. The maximum atomic E-state index is 13.1. The highest BCUT2D eigenvalue weighted by atomic mass is 19.1. The van der Waals surface area contributed by atoms with Crippen molar-refractivity contribution in [1.29, 1.82) is 0 Å². The second kappa shape index (κ2) is 4.64. The molecule has 86 valence electrons. The largest absolute Gasteiger partial charge is 0.387 e. The summed E-state index contributed by atoms with van der Waals surface area (Å²) in [7, 11) is 0. The van der Waals surface area contributed by atoms with Crippen LogP contribution in [0.15, 0.2) is 23.2 Å². The molecule has 0 aromatic heterocycles. The molecule has 1 aromatic carbocycles. The van der Waals surface area contributed by atoms with Crippen molar-refractivity contribution in [3.8, 4) is 0 Å². The topological polar surface area (TPSA) is 38.4 Å². The molecule has 0 radical (unpaired) electrons. The van der Waals surface area contributed by atoms with Crippen LogP contribution in [0, 0.1) is 18.7 Å². The van der Waals surface area contributed by atoms with Gasteiger partial charge in [-0.15, -0.1) is 0 Å². The zero-order valence-corrected chi connectivity index (χ0v) is 9.54. The Morgan fingerprint density at radius 1 is 1.31 bits per heavy atom. The predicted octanol–water partition coefficient (Wildman–Crippen LogP) is 3.31. The fourth-order valence-electron chi connectivity index (χ4n) is 2.24. The summed E-state index contributed by atoms with van der Waals surface area (Å²) < 4.78 is 13.1. The number of rotatable bonds is 2. The molecule has 0 atom stereocenters. The smallest absolute Gasteiger partial charge is 0.125 e. The van der Waals surface area contributed by atoms with E-state index in [1.807, 2.05) is 13.0 Å². The van der Waals surface area contributed by atoms with Crippen LogP contribution in [0.2, 0.25) is 0 Å². The van der Waals surface area contributed by atoms with Crippen molar-refractivity contribution < 1.29 is 4.39 Å². The SMILES string of the molecule is Cc1cc(F)cc(N=C(N)C2CCCC2)c1. The number of nitrogens with two attached hydrogens (primary N) is 1. The number of nitrogens with zero attached hydrogens (tertiary/aromatic N) is 1. The van der Waals surface area contributed by atoms with Crippen LogP contribution < -0.4 is 5.73 Å². The van der Waals surface area contributed by atoms with E-state index in [1.54, 1.807) is 0 Å². The molecule has 2 N–H and O–H groups in total. The van der Waals surface area contributed by atoms with Gasteiger partial charge in [0.15, 0.2) is 0 Å². The summed E-state index contributed by atoms with van der Waals surface area (Å²) in [4.78, 5) is 4.32. The van der Waals surface area contributed by atoms with Crippen molar-refractivity contribution in [3.63, 3.8) is 0 Å². The third-order valence-electron chi connectivity index (χ3n) is 3.06. The van der Waals surface area contributed by atoms with E-state index >= 15 is 0 Å². The van der Waals surface area contributed by atoms with Gasteiger partial charge in [-0.2, -0.15) is 0 Å². The Balaban J connectivity index is 2.20. The van der Waals surface area contributed by atoms with Crippen molar-refractivity contribution in [2.45, 2.75) is 32.6 Å². The molecule has 0 amide bonds. The van der Waals surface area contributed by atoms with Crippen LogP contribution in [0.4, 0.5) is 10.1 Å². The van der Waals surface area contributed by atoms with Gasteiger partial charge in [0.25, 0.3) is 0 Å². The van der Waals surface area contributed by atoms with Gasteiger partial charge in [0.1, 0.15) is 11.7 Å². The van der Waals surface area contributed by atoms with Gasteiger partial charge >= 0.3 is 0 Å². The Hall–Kier alpha value is -1.38. The summed E-state index contributed by atoms with van der Waals surface area (Å²) in [5.41, 5.74) is 7.44. The fourth-order valence-corrected chi connectivity index (χ4v) is 2.24. The average Bonchev–Trinajstić information content (AvgIpc) is 2.68. The molecule has 0 heterocycles. The van der Waals surface area contributed by atoms with Crippen LogP contribution in [0.1, 0.15) is 31.2 Å². The van der Waals surface area contributed by atoms with Crippen molar-refractivity contribution in [3.05, 3.63) is 29.6 Å². The molecule has 1 aromatic rings. The fraction of sp³-hybridized carbons (Fsp3) is 0.462. The lowest BCUT2D eigenvalue weighted by Gasteiger charge is -2.08. The molecular formula is C13H17FN2. The van der Waals surface area contributed by atoms with E-state index in [-0.39, 0.29) is 5.82 Å². The molecule has 0 spiro atoms. The van der Waals surface area contributed by atoms with Crippen LogP contribution in [0.25, 0.3) is 0 Å². The first-order valence-corrected chi connectivity index (χ1v) is 5.76. The zero-order chi connectivity index (χ0) is 11.5. The summed E-state index contributed by atoms with van der Waals surface area (Å²) in [6, 6.07) is 4.77. The van der Waals surface area contributed by atoms with Crippen molar-refractivity contribution in [2.24, 2.45) is 16.6 Å². The Labute approximate surface area is 95.4 Å². The van der Waals surface area contributed by atoms with Gasteiger partial charge in [-0.25, -0.2) is 9.38 Å². The third-order valence-corrected chi connectivity index (χ3v) is 3.06. The molecule has 1 saturated carbocycles. The standard InChI is InChI=1S/C13H17FN2/c1-9-6-11(14)8-12(7-9)16-13(15)10-4-2-3-5-10/h6-8,10H,2-5H2,1H3,(H2,15,16). The van der Waals surface area contributed by atoms with E-state index in [1.165, 1.54) is 25.0 Å². The van der Waals surface area contributed by atoms with Crippen LogP contribution in [0.3, 0.4) is 0 Å². The molecule has 0 bridgehead atoms. The maximum Gasteiger partial charge on any atom is 0.125 e. The lowest BCUT2D eigenvalue weighted by molar-refractivity contribution is 0.627. The van der Waals surface area contributed by atoms with Gasteiger partial charge < -0.3 is 5.73 Å². The number of hydrogen-bond acceptors (Lipinski definition) is 1. The lowest BCUT2D eigenvalue weighted by atomic mass is 10.1. The zero-order valence-electron chi connectivity index (χ0n) is 9.54. The van der Waals surface area contributed by atoms with E-state index in [9.17, 15) is 4.39 Å². The first-order chi connectivity index (χ1) is 7.65. The normalized spacial score (nSPS) is 18.0. The maximum absolute atomic E-state index is 13.1. The van der Waals surface area contributed by atoms with Gasteiger partial charge in [-0.3, -0.25) is 0 Å². The molecule has 1 aliphatic carbocycles. The molecule has 2 nitrogen and oxygen atoms in total. The highest BCUT2D eigenvalue weighted by molar-refractivity contribution is 5.85. The van der Waals surface area contributed by atoms with E-state index in [0.717, 1.165) is 18.4 Å². The van der Waals surface area contributed by atoms with Crippen LogP contribution in [0.5, 0.6) is 0 Å². The van der Waals surface area contributed by atoms with Crippen molar-refractivity contribution in [2.75, 3.05) is 0 Å². The first kappa shape index (κ1) is 11.1. The monoisotopic (exact) mass is 220 g/mol. The van der Waals surface area contributed by atoms with Gasteiger partial charge in [0.05, 0.1) is 5.69 Å². The Morgan fingerprint density at radius 3 is 2.62 bits per heavy atom. The van der Waals surface area contributed by atoms with Gasteiger partial charge in [-0.1, -0.05) is 12.8 Å². The van der Waals surface area contributed by atoms with Gasteiger partial charge in [-0.05, 0) is 43.5 Å². The van der Waals surface area contributed by atoms with E-state index in [0.29, 0.717) is 17.4 Å². The summed E-state index contributed by atoms with van der Waals surface area (Å²) >= 11 is 0. The molecule has 16 heavy (non-hydrogen) atoms. The Kier molecular flexibility index (Phi) is 3.22. The van der Waals surface area contributed by atoms with Crippen LogP contribution in [-0.4, -0.2) is 5.84 Å². The van der Waals surface area contributed by atoms with Crippen molar-refractivity contribution >= 4 is 11.5 Å². The van der Waals surface area contributed by atoms with Gasteiger partial charge in [0, 0.05) is 5.92 Å². The Bertz CT molecular complexity index is 386. The van der Waals surface area contributed by atoms with E-state index in [4.69, 9.17) is 5.73 Å².